The minimum Gasteiger partial charge on any atom is -0.282 e. The molecule has 6 heteroatoms. The van der Waals surface area contributed by atoms with E-state index in [2.05, 4.69) is 5.32 Å². The molecule has 3 aromatic carbocycles. The first kappa shape index (κ1) is 19.5. The van der Waals surface area contributed by atoms with Gasteiger partial charge in [-0.1, -0.05) is 103 Å². The molecule has 0 bridgehead atoms. The number of fused-ring (bicyclic) bond motifs is 3. The fourth-order valence-electron chi connectivity index (χ4n) is 5.08. The number of imide groups is 1. The van der Waals surface area contributed by atoms with E-state index in [0.717, 1.165) is 21.7 Å². The van der Waals surface area contributed by atoms with Crippen LogP contribution >= 0.6 is 11.8 Å². The molecule has 0 aromatic heterocycles. The monoisotopic (exact) mass is 439 g/mol. The number of carbonyl (C=O) groups excluding carboxylic acids is 2. The SMILES string of the molecule is O=C1[C@H]2NC3N=C(c4ccccc4)S[C@@]3(c3ccccc3)[C@H]2C(=O)N1Cc1ccccc1. The summed E-state index contributed by atoms with van der Waals surface area (Å²) in [7, 11) is 0. The van der Waals surface area contributed by atoms with Crippen molar-refractivity contribution in [3.63, 3.8) is 0 Å². The summed E-state index contributed by atoms with van der Waals surface area (Å²) in [6.07, 6.45) is -0.341. The minimum absolute atomic E-state index is 0.125. The van der Waals surface area contributed by atoms with Crippen molar-refractivity contribution in [1.82, 2.24) is 10.2 Å². The Labute approximate surface area is 190 Å². The number of thioether (sulfide) groups is 1. The zero-order chi connectivity index (χ0) is 21.7. The van der Waals surface area contributed by atoms with E-state index in [9.17, 15) is 9.59 Å². The summed E-state index contributed by atoms with van der Waals surface area (Å²) in [4.78, 5) is 33.5. The van der Waals surface area contributed by atoms with Gasteiger partial charge in [0.2, 0.25) is 11.8 Å². The molecule has 0 saturated carbocycles. The van der Waals surface area contributed by atoms with E-state index in [1.807, 2.05) is 91.0 Å². The molecule has 2 fully saturated rings. The Kier molecular flexibility index (Phi) is 4.52. The minimum atomic E-state index is -0.657. The fraction of sp³-hybridized carbons (Fsp3) is 0.192. The number of hydrogen-bond acceptors (Lipinski definition) is 5. The van der Waals surface area contributed by atoms with E-state index in [1.54, 1.807) is 11.8 Å². The number of benzene rings is 3. The zero-order valence-corrected chi connectivity index (χ0v) is 18.0. The number of nitrogens with zero attached hydrogens (tertiary/aromatic N) is 2. The number of amides is 2. The van der Waals surface area contributed by atoms with Crippen LogP contribution in [0.5, 0.6) is 0 Å². The van der Waals surface area contributed by atoms with Crippen LogP contribution in [-0.4, -0.2) is 34.0 Å². The highest BCUT2D eigenvalue weighted by Crippen LogP contribution is 2.58. The Morgan fingerprint density at radius 3 is 2.16 bits per heavy atom. The second-order valence-electron chi connectivity index (χ2n) is 8.33. The largest absolute Gasteiger partial charge is 0.282 e. The van der Waals surface area contributed by atoms with E-state index in [1.165, 1.54) is 4.90 Å². The Morgan fingerprint density at radius 1 is 0.844 bits per heavy atom. The third kappa shape index (κ3) is 2.80. The van der Waals surface area contributed by atoms with Gasteiger partial charge in [-0.3, -0.25) is 24.8 Å². The summed E-state index contributed by atoms with van der Waals surface area (Å²) < 4.78 is -0.657. The number of nitrogens with one attached hydrogen (secondary N) is 1. The van der Waals surface area contributed by atoms with Gasteiger partial charge in [0.25, 0.3) is 0 Å². The molecular weight excluding hydrogens is 418 g/mol. The molecule has 1 N–H and O–H groups in total. The lowest BCUT2D eigenvalue weighted by molar-refractivity contribution is -0.141. The maximum absolute atomic E-state index is 13.8. The van der Waals surface area contributed by atoms with Crippen molar-refractivity contribution in [1.29, 1.82) is 0 Å². The van der Waals surface area contributed by atoms with Crippen LogP contribution in [-0.2, 0) is 20.9 Å². The molecular formula is C26H21N3O2S. The summed E-state index contributed by atoms with van der Waals surface area (Å²) in [5.74, 6) is -0.800. The molecule has 3 aromatic rings. The Balaban J connectivity index is 1.42. The lowest BCUT2D eigenvalue weighted by Gasteiger charge is -2.32. The van der Waals surface area contributed by atoms with Crippen LogP contribution in [0.3, 0.4) is 0 Å². The maximum Gasteiger partial charge on any atom is 0.247 e. The molecule has 0 radical (unpaired) electrons. The van der Waals surface area contributed by atoms with Gasteiger partial charge in [0.1, 0.15) is 17.3 Å². The molecule has 3 aliphatic rings. The molecule has 3 aliphatic heterocycles. The quantitative estimate of drug-likeness (QED) is 0.632. The van der Waals surface area contributed by atoms with E-state index in [4.69, 9.17) is 4.99 Å². The van der Waals surface area contributed by atoms with E-state index >= 15 is 0 Å². The number of hydrogen-bond donors (Lipinski definition) is 1. The van der Waals surface area contributed by atoms with Crippen LogP contribution in [0, 0.1) is 5.92 Å². The van der Waals surface area contributed by atoms with Gasteiger partial charge in [0.15, 0.2) is 0 Å². The lowest BCUT2D eigenvalue weighted by Crippen LogP contribution is -2.44. The van der Waals surface area contributed by atoms with Gasteiger partial charge in [-0.2, -0.15) is 0 Å². The van der Waals surface area contributed by atoms with Crippen molar-refractivity contribution in [3.8, 4) is 0 Å². The molecule has 2 saturated heterocycles. The predicted octanol–water partition coefficient (Wildman–Crippen LogP) is 3.56. The molecule has 0 spiro atoms. The van der Waals surface area contributed by atoms with Crippen LogP contribution in [0.15, 0.2) is 96.0 Å². The Morgan fingerprint density at radius 2 is 1.47 bits per heavy atom. The van der Waals surface area contributed by atoms with Gasteiger partial charge < -0.3 is 0 Å². The molecule has 32 heavy (non-hydrogen) atoms. The molecule has 4 atom stereocenters. The number of likely N-dealkylation sites (tertiary alicyclic amines) is 1. The van der Waals surface area contributed by atoms with Gasteiger partial charge in [-0.25, -0.2) is 0 Å². The predicted molar refractivity (Wildman–Crippen MR) is 125 cm³/mol. The first-order chi connectivity index (χ1) is 15.7. The highest BCUT2D eigenvalue weighted by atomic mass is 32.2. The zero-order valence-electron chi connectivity index (χ0n) is 17.2. The summed E-state index contributed by atoms with van der Waals surface area (Å²) in [5.41, 5.74) is 2.99. The molecule has 2 amide bonds. The highest BCUT2D eigenvalue weighted by molar-refractivity contribution is 8.15. The van der Waals surface area contributed by atoms with E-state index < -0.39 is 16.7 Å². The third-order valence-electron chi connectivity index (χ3n) is 6.54. The van der Waals surface area contributed by atoms with Crippen LogP contribution < -0.4 is 5.32 Å². The first-order valence-corrected chi connectivity index (χ1v) is 11.5. The average molecular weight is 440 g/mol. The molecule has 0 aliphatic carbocycles. The molecule has 6 rings (SSSR count). The van der Waals surface area contributed by atoms with Crippen LogP contribution in [0.2, 0.25) is 0 Å². The van der Waals surface area contributed by atoms with Gasteiger partial charge in [0.05, 0.1) is 17.2 Å². The molecule has 5 nitrogen and oxygen atoms in total. The topological polar surface area (TPSA) is 61.8 Å². The summed E-state index contributed by atoms with van der Waals surface area (Å²) >= 11 is 1.61. The second-order valence-corrected chi connectivity index (χ2v) is 9.60. The highest BCUT2D eigenvalue weighted by Gasteiger charge is 2.69. The van der Waals surface area contributed by atoms with Crippen LogP contribution in [0.1, 0.15) is 16.7 Å². The first-order valence-electron chi connectivity index (χ1n) is 10.7. The van der Waals surface area contributed by atoms with E-state index in [-0.39, 0.29) is 18.0 Å². The van der Waals surface area contributed by atoms with Crippen LogP contribution in [0.4, 0.5) is 0 Å². The fourth-order valence-corrected chi connectivity index (χ4v) is 6.66. The van der Waals surface area contributed by atoms with Crippen molar-refractivity contribution in [2.24, 2.45) is 10.9 Å². The van der Waals surface area contributed by atoms with Gasteiger partial charge in [-0.05, 0) is 11.1 Å². The van der Waals surface area contributed by atoms with E-state index in [0.29, 0.717) is 6.54 Å². The van der Waals surface area contributed by atoms with Crippen molar-refractivity contribution in [2.45, 2.75) is 23.5 Å². The lowest BCUT2D eigenvalue weighted by atomic mass is 9.83. The van der Waals surface area contributed by atoms with Gasteiger partial charge in [0, 0.05) is 5.56 Å². The van der Waals surface area contributed by atoms with Crippen LogP contribution in [0.25, 0.3) is 0 Å². The van der Waals surface area contributed by atoms with Gasteiger partial charge >= 0.3 is 0 Å². The second kappa shape index (κ2) is 7.43. The summed E-state index contributed by atoms with van der Waals surface area (Å²) in [6, 6.07) is 29.2. The van der Waals surface area contributed by atoms with Crippen molar-refractivity contribution in [2.75, 3.05) is 0 Å². The smallest absolute Gasteiger partial charge is 0.247 e. The summed E-state index contributed by atoms with van der Waals surface area (Å²) in [5, 5.41) is 4.32. The normalized spacial score (nSPS) is 28.6. The number of rotatable bonds is 4. The van der Waals surface area contributed by atoms with Crippen molar-refractivity contribution < 1.29 is 9.59 Å². The molecule has 1 unspecified atom stereocenters. The van der Waals surface area contributed by atoms with Crippen molar-refractivity contribution in [3.05, 3.63) is 108 Å². The maximum atomic E-state index is 13.8. The average Bonchev–Trinajstić information content (AvgIpc) is 3.44. The van der Waals surface area contributed by atoms with Gasteiger partial charge in [-0.15, -0.1) is 0 Å². The van der Waals surface area contributed by atoms with Crippen molar-refractivity contribution >= 4 is 28.6 Å². The Bertz CT molecular complexity index is 1220. The standard InChI is InChI=1S/C26H21N3O2S/c30-23-20-21(24(31)29(23)16-17-10-4-1-5-11-17)27-25-26(20,19-14-8-3-9-15-19)32-22(28-25)18-12-6-2-7-13-18/h1-15,20-21,25,27H,16H2/t20-,21+,25?,26+/m1/s1. The number of aliphatic imine (C=N–C) groups is 1. The summed E-state index contributed by atoms with van der Waals surface area (Å²) in [6.45, 7) is 0.291. The molecule has 3 heterocycles. The molecule has 158 valence electrons. The third-order valence-corrected chi connectivity index (χ3v) is 8.13. The number of carbonyl (C=O) groups is 2. The Hall–Kier alpha value is -3.22.